The van der Waals surface area contributed by atoms with Crippen LogP contribution in [0.4, 0.5) is 0 Å². The molecule has 0 saturated heterocycles. The second kappa shape index (κ2) is 17.4. The molecule has 5 N–H and O–H groups in total. The fourth-order valence-electron chi connectivity index (χ4n) is 3.15. The number of nitrogens with one attached hydrogen (secondary N) is 1. The summed E-state index contributed by atoms with van der Waals surface area (Å²) in [5, 5.41) is 36.4. The molecule has 13 heteroatoms. The zero-order valence-electron chi connectivity index (χ0n) is 21.6. The van der Waals surface area contributed by atoms with Gasteiger partial charge in [-0.05, 0) is 17.5 Å². The third kappa shape index (κ3) is 14.1. The first kappa shape index (κ1) is 33.8. The van der Waals surface area contributed by atoms with Crippen molar-refractivity contribution in [2.24, 2.45) is 5.92 Å². The van der Waals surface area contributed by atoms with E-state index in [1.807, 2.05) is 60.7 Å². The van der Waals surface area contributed by atoms with Gasteiger partial charge in [0.15, 0.2) is 10.7 Å². The largest absolute Gasteiger partial charge is 0.481 e. The maximum absolute atomic E-state index is 12.5. The maximum atomic E-state index is 12.5. The summed E-state index contributed by atoms with van der Waals surface area (Å²) < 4.78 is 5.16. The predicted molar refractivity (Wildman–Crippen MR) is 143 cm³/mol. The average molecular weight is 578 g/mol. The summed E-state index contributed by atoms with van der Waals surface area (Å²) >= 11 is 1.11. The standard InChI is InChI=1S/C21H23NO4S.C6H8O7/c1-16(23)27-15-19(12-17-8-4-2-5-9-17)21(25)22-13-20(24)26-14-18-10-6-3-7-11-18;7-3(8)1-6(13,5(11)12)2-4(9)10/h2-11,19H,12-15H2,1H3,(H,22,25);13H,1-2H2,(H,7,8)(H,9,10)(H,11,12). The molecule has 0 saturated carbocycles. The van der Waals surface area contributed by atoms with Crippen molar-refractivity contribution in [3.63, 3.8) is 0 Å². The minimum atomic E-state index is -2.74. The summed E-state index contributed by atoms with van der Waals surface area (Å²) in [7, 11) is 0. The Morgan fingerprint density at radius 2 is 1.35 bits per heavy atom. The number of carbonyl (C=O) groups excluding carboxylic acids is 3. The number of aliphatic hydroxyl groups is 1. The monoisotopic (exact) mass is 577 g/mol. The molecule has 2 aromatic carbocycles. The lowest BCUT2D eigenvalue weighted by molar-refractivity contribution is -0.170. The number of thioether (sulfide) groups is 1. The summed E-state index contributed by atoms with van der Waals surface area (Å²) in [5.41, 5.74) is -0.844. The molecule has 0 radical (unpaired) electrons. The summed E-state index contributed by atoms with van der Waals surface area (Å²) in [6, 6.07) is 18.9. The lowest BCUT2D eigenvalue weighted by atomic mass is 9.96. The van der Waals surface area contributed by atoms with E-state index in [2.05, 4.69) is 5.32 Å². The van der Waals surface area contributed by atoms with Crippen LogP contribution in [0.25, 0.3) is 0 Å². The first-order valence-corrected chi connectivity index (χ1v) is 12.8. The van der Waals surface area contributed by atoms with Gasteiger partial charge in [-0.1, -0.05) is 72.4 Å². The van der Waals surface area contributed by atoms with E-state index in [0.717, 1.165) is 22.9 Å². The Morgan fingerprint density at radius 1 is 0.850 bits per heavy atom. The molecule has 0 bridgehead atoms. The van der Waals surface area contributed by atoms with Crippen molar-refractivity contribution in [1.29, 1.82) is 0 Å². The van der Waals surface area contributed by atoms with Crippen molar-refractivity contribution in [2.45, 2.75) is 38.4 Å². The number of esters is 1. The second-order valence-corrected chi connectivity index (χ2v) is 9.73. The fraction of sp³-hybridized carbons (Fsp3) is 0.333. The first-order valence-electron chi connectivity index (χ1n) is 11.9. The lowest BCUT2D eigenvalue weighted by Crippen LogP contribution is -2.42. The van der Waals surface area contributed by atoms with Gasteiger partial charge in [-0.3, -0.25) is 24.0 Å². The van der Waals surface area contributed by atoms with Gasteiger partial charge in [0, 0.05) is 12.7 Å². The first-order chi connectivity index (χ1) is 18.8. The number of aliphatic carboxylic acids is 3. The van der Waals surface area contributed by atoms with E-state index in [1.54, 1.807) is 0 Å². The molecule has 2 aromatic rings. The van der Waals surface area contributed by atoms with Gasteiger partial charge in [-0.15, -0.1) is 0 Å². The van der Waals surface area contributed by atoms with Gasteiger partial charge in [0.05, 0.1) is 18.8 Å². The van der Waals surface area contributed by atoms with Crippen LogP contribution in [0.1, 0.15) is 30.9 Å². The van der Waals surface area contributed by atoms with Crippen molar-refractivity contribution in [3.05, 3.63) is 71.8 Å². The van der Waals surface area contributed by atoms with E-state index in [4.69, 9.17) is 25.2 Å². The zero-order valence-corrected chi connectivity index (χ0v) is 22.5. The van der Waals surface area contributed by atoms with Gasteiger partial charge in [0.2, 0.25) is 5.91 Å². The van der Waals surface area contributed by atoms with Crippen molar-refractivity contribution >= 4 is 46.7 Å². The second-order valence-electron chi connectivity index (χ2n) is 8.53. The Labute approximate surface area is 234 Å². The molecule has 2 rings (SSSR count). The third-order valence-electron chi connectivity index (χ3n) is 5.12. The SMILES string of the molecule is CC(=O)SCC(Cc1ccccc1)C(=O)NCC(=O)OCc1ccccc1.O=C(O)CC(O)(CC(=O)O)C(=O)O. The molecule has 216 valence electrons. The predicted octanol–water partition coefficient (Wildman–Crippen LogP) is 1.74. The van der Waals surface area contributed by atoms with Crippen LogP contribution in [0, 0.1) is 5.92 Å². The molecule has 1 unspecified atom stereocenters. The number of hydrogen-bond acceptors (Lipinski definition) is 9. The zero-order chi connectivity index (χ0) is 30.1. The van der Waals surface area contributed by atoms with Gasteiger partial charge < -0.3 is 30.5 Å². The molecule has 0 heterocycles. The van der Waals surface area contributed by atoms with Crippen molar-refractivity contribution < 1.29 is 53.9 Å². The molecule has 0 aromatic heterocycles. The van der Waals surface area contributed by atoms with Crippen LogP contribution in [0.15, 0.2) is 60.7 Å². The number of carbonyl (C=O) groups is 6. The van der Waals surface area contributed by atoms with Crippen LogP contribution in [-0.2, 0) is 46.5 Å². The lowest BCUT2D eigenvalue weighted by Gasteiger charge is -2.18. The number of carboxylic acid groups (broad SMARTS) is 3. The summed E-state index contributed by atoms with van der Waals surface area (Å²) in [6.45, 7) is 1.45. The van der Waals surface area contributed by atoms with Gasteiger partial charge in [-0.25, -0.2) is 4.79 Å². The van der Waals surface area contributed by atoms with Crippen molar-refractivity contribution in [1.82, 2.24) is 5.32 Å². The van der Waals surface area contributed by atoms with Crippen LogP contribution >= 0.6 is 11.8 Å². The topological polar surface area (TPSA) is 205 Å². The van der Waals surface area contributed by atoms with E-state index < -0.39 is 48.2 Å². The molecular formula is C27H31NO11S. The maximum Gasteiger partial charge on any atom is 0.336 e. The normalized spacial score (nSPS) is 11.2. The van der Waals surface area contributed by atoms with Crippen molar-refractivity contribution in [2.75, 3.05) is 12.3 Å². The quantitative estimate of drug-likeness (QED) is 0.204. The average Bonchev–Trinajstić information content (AvgIpc) is 2.89. The van der Waals surface area contributed by atoms with Gasteiger partial charge >= 0.3 is 23.9 Å². The molecule has 0 aliphatic rings. The third-order valence-corrected chi connectivity index (χ3v) is 6.09. The number of benzene rings is 2. The number of ether oxygens (including phenoxy) is 1. The van der Waals surface area contributed by atoms with E-state index in [1.165, 1.54) is 6.92 Å². The summed E-state index contributed by atoms with van der Waals surface area (Å²) in [6.07, 6.45) is -1.78. The molecule has 1 atom stereocenters. The molecule has 0 spiro atoms. The fourth-order valence-corrected chi connectivity index (χ4v) is 3.86. The number of amides is 1. The molecule has 40 heavy (non-hydrogen) atoms. The van der Waals surface area contributed by atoms with Crippen LogP contribution in [-0.4, -0.2) is 73.2 Å². The number of hydrogen-bond donors (Lipinski definition) is 5. The highest BCUT2D eigenvalue weighted by molar-refractivity contribution is 8.13. The van der Waals surface area contributed by atoms with E-state index in [9.17, 15) is 28.8 Å². The molecular weight excluding hydrogens is 546 g/mol. The highest BCUT2D eigenvalue weighted by atomic mass is 32.2. The summed E-state index contributed by atoms with van der Waals surface area (Å²) in [4.78, 5) is 66.1. The Morgan fingerprint density at radius 3 is 1.80 bits per heavy atom. The minimum absolute atomic E-state index is 0.0388. The Hall–Kier alpha value is -4.23. The smallest absolute Gasteiger partial charge is 0.336 e. The number of rotatable bonds is 14. The van der Waals surface area contributed by atoms with Gasteiger partial charge in [0.25, 0.3) is 0 Å². The molecule has 12 nitrogen and oxygen atoms in total. The van der Waals surface area contributed by atoms with E-state index >= 15 is 0 Å². The highest BCUT2D eigenvalue weighted by Crippen LogP contribution is 2.17. The van der Waals surface area contributed by atoms with E-state index in [0.29, 0.717) is 12.2 Å². The number of carboxylic acids is 3. The van der Waals surface area contributed by atoms with Crippen LogP contribution in [0.3, 0.4) is 0 Å². The molecule has 0 aliphatic heterocycles. The molecule has 1 amide bonds. The van der Waals surface area contributed by atoms with Crippen LogP contribution in [0.5, 0.6) is 0 Å². The van der Waals surface area contributed by atoms with Crippen LogP contribution < -0.4 is 5.32 Å². The highest BCUT2D eigenvalue weighted by Gasteiger charge is 2.40. The van der Waals surface area contributed by atoms with Gasteiger partial charge in [0.1, 0.15) is 13.2 Å². The summed E-state index contributed by atoms with van der Waals surface area (Å²) in [5.74, 6) is -5.80. The Kier molecular flexibility index (Phi) is 14.7. The Bertz CT molecular complexity index is 1140. The molecule has 0 aliphatic carbocycles. The van der Waals surface area contributed by atoms with E-state index in [-0.39, 0.29) is 24.2 Å². The minimum Gasteiger partial charge on any atom is -0.481 e. The molecule has 0 fully saturated rings. The Balaban J connectivity index is 0.000000520. The van der Waals surface area contributed by atoms with Crippen molar-refractivity contribution in [3.8, 4) is 0 Å². The van der Waals surface area contributed by atoms with Gasteiger partial charge in [-0.2, -0.15) is 0 Å². The van der Waals surface area contributed by atoms with Crippen LogP contribution in [0.2, 0.25) is 0 Å².